The summed E-state index contributed by atoms with van der Waals surface area (Å²) in [5.74, 6) is 12.0. The van der Waals surface area contributed by atoms with Crippen molar-refractivity contribution in [3.8, 4) is 0 Å². The van der Waals surface area contributed by atoms with Gasteiger partial charge in [-0.15, -0.1) is 0 Å². The minimum atomic E-state index is 0.954. The molecule has 8 atom stereocenters. The lowest BCUT2D eigenvalue weighted by atomic mass is 9.53. The summed E-state index contributed by atoms with van der Waals surface area (Å²) in [6.45, 7) is 15.6. The molecular formula is C30H54. The summed E-state index contributed by atoms with van der Waals surface area (Å²) in [5, 5.41) is 0. The lowest BCUT2D eigenvalue weighted by Gasteiger charge is -2.52. The quantitative estimate of drug-likeness (QED) is 0.431. The highest BCUT2D eigenvalue weighted by atomic mass is 14.5. The van der Waals surface area contributed by atoms with E-state index in [2.05, 4.69) is 41.5 Å². The van der Waals surface area contributed by atoms with Crippen LogP contribution in [0.1, 0.15) is 119 Å². The van der Waals surface area contributed by atoms with E-state index in [0.29, 0.717) is 0 Å². The highest BCUT2D eigenvalue weighted by Crippen LogP contribution is 2.54. The molecule has 30 heavy (non-hydrogen) atoms. The summed E-state index contributed by atoms with van der Waals surface area (Å²) < 4.78 is 0. The van der Waals surface area contributed by atoms with E-state index in [0.717, 1.165) is 71.0 Å². The fraction of sp³-hybridized carbons (Fsp3) is 1.00. The summed E-state index contributed by atoms with van der Waals surface area (Å²) in [7, 11) is 0. The van der Waals surface area contributed by atoms with Crippen LogP contribution in [0.25, 0.3) is 0 Å². The molecule has 8 unspecified atom stereocenters. The van der Waals surface area contributed by atoms with Crippen LogP contribution in [0.5, 0.6) is 0 Å². The molecule has 4 aliphatic carbocycles. The third-order valence-corrected chi connectivity index (χ3v) is 11.9. The number of hydrogen-bond acceptors (Lipinski definition) is 0. The van der Waals surface area contributed by atoms with E-state index in [-0.39, 0.29) is 0 Å². The van der Waals surface area contributed by atoms with Gasteiger partial charge in [-0.05, 0) is 122 Å². The maximum absolute atomic E-state index is 2.67. The molecule has 0 heterocycles. The topological polar surface area (TPSA) is 0 Å². The van der Waals surface area contributed by atoms with Crippen LogP contribution >= 0.6 is 0 Å². The normalized spacial score (nSPS) is 53.4. The average Bonchev–Trinajstić information content (AvgIpc) is 2.74. The second-order valence-electron chi connectivity index (χ2n) is 13.3. The Balaban J connectivity index is 1.35. The van der Waals surface area contributed by atoms with Gasteiger partial charge < -0.3 is 0 Å². The van der Waals surface area contributed by atoms with Gasteiger partial charge >= 0.3 is 0 Å². The predicted molar refractivity (Wildman–Crippen MR) is 131 cm³/mol. The molecule has 0 heteroatoms. The zero-order valence-corrected chi connectivity index (χ0v) is 21.4. The molecule has 0 spiro atoms. The van der Waals surface area contributed by atoms with E-state index in [1.165, 1.54) is 51.4 Å². The monoisotopic (exact) mass is 414 g/mol. The molecular weight excluding hydrogens is 360 g/mol. The Kier molecular flexibility index (Phi) is 7.62. The summed E-state index contributed by atoms with van der Waals surface area (Å²) in [6, 6.07) is 0. The van der Waals surface area contributed by atoms with E-state index >= 15 is 0 Å². The first-order valence-electron chi connectivity index (χ1n) is 14.4. The third-order valence-electron chi connectivity index (χ3n) is 11.9. The molecule has 0 bridgehead atoms. The Hall–Kier alpha value is 0. The predicted octanol–water partition coefficient (Wildman–Crippen LogP) is 9.24. The molecule has 0 aromatic heterocycles. The largest absolute Gasteiger partial charge is 0.0625 e. The van der Waals surface area contributed by atoms with Crippen LogP contribution < -0.4 is 0 Å². The van der Waals surface area contributed by atoms with E-state index in [1.807, 2.05) is 0 Å². The van der Waals surface area contributed by atoms with Gasteiger partial charge in [-0.3, -0.25) is 0 Å². The lowest BCUT2D eigenvalue weighted by Crippen LogP contribution is -2.44. The summed E-state index contributed by atoms with van der Waals surface area (Å²) in [4.78, 5) is 0. The molecule has 4 saturated carbocycles. The molecule has 0 aliphatic heterocycles. The van der Waals surface area contributed by atoms with Gasteiger partial charge in [-0.25, -0.2) is 0 Å². The molecule has 4 rings (SSSR count). The SMILES string of the molecule is CC1CCC(C2CCC(C3CCC(C4CCC(C)CC4)C(C)C3C)C(C)C2C)CC1. The molecule has 0 nitrogen and oxygen atoms in total. The highest BCUT2D eigenvalue weighted by Gasteiger charge is 2.46. The van der Waals surface area contributed by atoms with Gasteiger partial charge in [0.1, 0.15) is 0 Å². The van der Waals surface area contributed by atoms with Crippen LogP contribution in [0.4, 0.5) is 0 Å². The third kappa shape index (κ3) is 4.69. The van der Waals surface area contributed by atoms with Crippen molar-refractivity contribution in [3.63, 3.8) is 0 Å². The van der Waals surface area contributed by atoms with Crippen LogP contribution in [0.3, 0.4) is 0 Å². The second-order valence-corrected chi connectivity index (χ2v) is 13.3. The lowest BCUT2D eigenvalue weighted by molar-refractivity contribution is -0.0291. The van der Waals surface area contributed by atoms with E-state index in [9.17, 15) is 0 Å². The number of rotatable bonds is 3. The van der Waals surface area contributed by atoms with Crippen LogP contribution in [-0.4, -0.2) is 0 Å². The molecule has 174 valence electrons. The Bertz CT molecular complexity index is 472. The fourth-order valence-corrected chi connectivity index (χ4v) is 9.35. The van der Waals surface area contributed by atoms with E-state index < -0.39 is 0 Å². The smallest absolute Gasteiger partial charge is 0.0355 e. The summed E-state index contributed by atoms with van der Waals surface area (Å²) in [6.07, 6.45) is 18.4. The van der Waals surface area contributed by atoms with Gasteiger partial charge in [0.25, 0.3) is 0 Å². The molecule has 0 amide bonds. The minimum absolute atomic E-state index is 0.954. The molecule has 0 aromatic rings. The van der Waals surface area contributed by atoms with Gasteiger partial charge in [0.05, 0.1) is 0 Å². The maximum Gasteiger partial charge on any atom is -0.0355 e. The van der Waals surface area contributed by atoms with E-state index in [4.69, 9.17) is 0 Å². The molecule has 0 saturated heterocycles. The molecule has 0 aromatic carbocycles. The zero-order valence-electron chi connectivity index (χ0n) is 21.4. The molecule has 0 radical (unpaired) electrons. The summed E-state index contributed by atoms with van der Waals surface area (Å²) >= 11 is 0. The van der Waals surface area contributed by atoms with Crippen LogP contribution in [0.2, 0.25) is 0 Å². The molecule has 0 N–H and O–H groups in total. The molecule has 4 aliphatic rings. The van der Waals surface area contributed by atoms with E-state index in [1.54, 1.807) is 25.7 Å². The van der Waals surface area contributed by atoms with Crippen molar-refractivity contribution >= 4 is 0 Å². The molecule has 4 fully saturated rings. The first-order valence-corrected chi connectivity index (χ1v) is 14.4. The highest BCUT2D eigenvalue weighted by molar-refractivity contribution is 4.95. The van der Waals surface area contributed by atoms with Crippen molar-refractivity contribution in [3.05, 3.63) is 0 Å². The Morgan fingerprint density at radius 3 is 0.900 bits per heavy atom. The Labute approximate surface area is 189 Å². The fourth-order valence-electron chi connectivity index (χ4n) is 9.35. The van der Waals surface area contributed by atoms with Crippen molar-refractivity contribution in [2.24, 2.45) is 71.0 Å². The Morgan fingerprint density at radius 2 is 0.567 bits per heavy atom. The van der Waals surface area contributed by atoms with Crippen molar-refractivity contribution in [2.45, 2.75) is 119 Å². The standard InChI is InChI=1S/C30H54/c1-19-7-11-25(12-8-19)27-15-17-29(23(5)21(27)3)30-18-16-28(22(4)24(30)6)26-13-9-20(2)10-14-26/h19-30H,7-18H2,1-6H3. The zero-order chi connectivity index (χ0) is 21.4. The van der Waals surface area contributed by atoms with Crippen LogP contribution in [-0.2, 0) is 0 Å². The van der Waals surface area contributed by atoms with Crippen LogP contribution in [0.15, 0.2) is 0 Å². The minimum Gasteiger partial charge on any atom is -0.0625 e. The van der Waals surface area contributed by atoms with Gasteiger partial charge in [0, 0.05) is 0 Å². The Morgan fingerprint density at radius 1 is 0.300 bits per heavy atom. The van der Waals surface area contributed by atoms with Gasteiger partial charge in [-0.1, -0.05) is 67.2 Å². The second kappa shape index (κ2) is 9.87. The van der Waals surface area contributed by atoms with Gasteiger partial charge in [0.15, 0.2) is 0 Å². The average molecular weight is 415 g/mol. The van der Waals surface area contributed by atoms with Gasteiger partial charge in [0.2, 0.25) is 0 Å². The van der Waals surface area contributed by atoms with Crippen molar-refractivity contribution in [1.82, 2.24) is 0 Å². The van der Waals surface area contributed by atoms with Crippen molar-refractivity contribution < 1.29 is 0 Å². The van der Waals surface area contributed by atoms with Crippen LogP contribution in [0, 0.1) is 71.0 Å². The number of hydrogen-bond donors (Lipinski definition) is 0. The first-order chi connectivity index (χ1) is 14.4. The maximum atomic E-state index is 2.67. The van der Waals surface area contributed by atoms with Gasteiger partial charge in [-0.2, -0.15) is 0 Å². The first kappa shape index (κ1) is 23.2. The van der Waals surface area contributed by atoms with Crippen molar-refractivity contribution in [2.75, 3.05) is 0 Å². The summed E-state index contributed by atoms with van der Waals surface area (Å²) in [5.41, 5.74) is 0. The van der Waals surface area contributed by atoms with Crippen molar-refractivity contribution in [1.29, 1.82) is 0 Å².